The third kappa shape index (κ3) is 4.96. The molecule has 0 fully saturated rings. The Labute approximate surface area is 191 Å². The molecule has 8 nitrogen and oxygen atoms in total. The molecule has 2 aromatic heterocycles. The summed E-state index contributed by atoms with van der Waals surface area (Å²) in [7, 11) is 0. The van der Waals surface area contributed by atoms with Crippen LogP contribution in [0, 0.1) is 11.6 Å². The van der Waals surface area contributed by atoms with Crippen molar-refractivity contribution < 1.29 is 23.1 Å². The summed E-state index contributed by atoms with van der Waals surface area (Å²) < 4.78 is 33.0. The third-order valence-corrected chi connectivity index (χ3v) is 4.72. The molecule has 34 heavy (non-hydrogen) atoms. The Morgan fingerprint density at radius 3 is 2.41 bits per heavy atom. The molecule has 0 spiro atoms. The average molecular weight is 462 g/mol. The van der Waals surface area contributed by atoms with Crippen molar-refractivity contribution in [1.29, 1.82) is 0 Å². The van der Waals surface area contributed by atoms with Crippen LogP contribution in [0.25, 0.3) is 11.3 Å². The van der Waals surface area contributed by atoms with E-state index in [2.05, 4.69) is 15.3 Å². The molecule has 4 N–H and O–H groups in total. The van der Waals surface area contributed by atoms with Crippen molar-refractivity contribution in [3.8, 4) is 22.8 Å². The van der Waals surface area contributed by atoms with E-state index in [0.717, 1.165) is 6.07 Å². The first kappa shape index (κ1) is 22.3. The molecule has 0 aliphatic carbocycles. The molecule has 10 heteroatoms. The number of ether oxygens (including phenoxy) is 1. The zero-order valence-electron chi connectivity index (χ0n) is 17.3. The van der Waals surface area contributed by atoms with Gasteiger partial charge in [-0.3, -0.25) is 19.4 Å². The lowest BCUT2D eigenvalue weighted by atomic mass is 10.1. The number of pyridine rings is 2. The zero-order chi connectivity index (χ0) is 24.2. The molecule has 0 aliphatic rings. The van der Waals surface area contributed by atoms with Crippen molar-refractivity contribution in [3.05, 3.63) is 106 Å². The third-order valence-electron chi connectivity index (χ3n) is 4.72. The van der Waals surface area contributed by atoms with Gasteiger partial charge in [0.25, 0.3) is 17.4 Å². The zero-order valence-corrected chi connectivity index (χ0v) is 17.3. The number of aromatic amines is 1. The largest absolute Gasteiger partial charge is 0.454 e. The maximum atomic E-state index is 14.5. The number of nitrogens with zero attached hydrogens (tertiary/aromatic N) is 1. The molecule has 4 aromatic rings. The monoisotopic (exact) mass is 462 g/mol. The summed E-state index contributed by atoms with van der Waals surface area (Å²) in [5.74, 6) is -2.79. The van der Waals surface area contributed by atoms with E-state index in [-0.39, 0.29) is 28.4 Å². The van der Waals surface area contributed by atoms with E-state index < -0.39 is 29.0 Å². The smallest absolute Gasteiger partial charge is 0.272 e. The molecule has 4 rings (SSSR count). The van der Waals surface area contributed by atoms with Crippen molar-refractivity contribution in [3.63, 3.8) is 0 Å². The fourth-order valence-corrected chi connectivity index (χ4v) is 3.03. The van der Waals surface area contributed by atoms with Crippen molar-refractivity contribution in [2.45, 2.75) is 0 Å². The number of halogens is 2. The van der Waals surface area contributed by atoms with Crippen LogP contribution in [0.5, 0.6) is 11.5 Å². The summed E-state index contributed by atoms with van der Waals surface area (Å²) in [6, 6.07) is 14.6. The second-order valence-corrected chi connectivity index (χ2v) is 7.06. The number of hydrogen-bond acceptors (Lipinski definition) is 5. The van der Waals surface area contributed by atoms with Crippen LogP contribution in [-0.4, -0.2) is 21.8 Å². The van der Waals surface area contributed by atoms with E-state index in [9.17, 15) is 23.2 Å². The van der Waals surface area contributed by atoms with Crippen LogP contribution in [0.3, 0.4) is 0 Å². The number of benzene rings is 2. The number of hydrogen-bond donors (Lipinski definition) is 3. The summed E-state index contributed by atoms with van der Waals surface area (Å²) >= 11 is 0. The van der Waals surface area contributed by atoms with Crippen molar-refractivity contribution in [1.82, 2.24) is 9.97 Å². The van der Waals surface area contributed by atoms with E-state index in [0.29, 0.717) is 11.3 Å². The Hall–Kier alpha value is -4.86. The highest BCUT2D eigenvalue weighted by atomic mass is 19.1. The summed E-state index contributed by atoms with van der Waals surface area (Å²) in [4.78, 5) is 42.5. The predicted molar refractivity (Wildman–Crippen MR) is 120 cm³/mol. The van der Waals surface area contributed by atoms with Gasteiger partial charge in [0.1, 0.15) is 22.9 Å². The minimum Gasteiger partial charge on any atom is -0.454 e. The molecule has 0 atom stereocenters. The Morgan fingerprint density at radius 2 is 1.74 bits per heavy atom. The van der Waals surface area contributed by atoms with Gasteiger partial charge >= 0.3 is 0 Å². The lowest BCUT2D eigenvalue weighted by Crippen LogP contribution is -2.20. The molecule has 0 radical (unpaired) electrons. The Kier molecular flexibility index (Phi) is 6.13. The van der Waals surface area contributed by atoms with E-state index in [1.807, 2.05) is 0 Å². The second kappa shape index (κ2) is 9.33. The fraction of sp³-hybridized carbons (Fsp3) is 0. The van der Waals surface area contributed by atoms with Gasteiger partial charge in [-0.05, 0) is 66.2 Å². The van der Waals surface area contributed by atoms with E-state index in [1.54, 1.807) is 6.07 Å². The highest BCUT2D eigenvalue weighted by molar-refractivity contribution is 6.04. The summed E-state index contributed by atoms with van der Waals surface area (Å²) in [5.41, 5.74) is 5.45. The minimum absolute atomic E-state index is 0.0487. The molecule has 0 unspecified atom stereocenters. The molecule has 2 amide bonds. The quantitative estimate of drug-likeness (QED) is 0.401. The Balaban J connectivity index is 1.49. The van der Waals surface area contributed by atoms with Gasteiger partial charge in [-0.2, -0.15) is 0 Å². The topological polar surface area (TPSA) is 127 Å². The number of nitrogens with one attached hydrogen (secondary N) is 2. The van der Waals surface area contributed by atoms with Crippen LogP contribution in [0.4, 0.5) is 14.5 Å². The van der Waals surface area contributed by atoms with Gasteiger partial charge in [0.15, 0.2) is 11.6 Å². The van der Waals surface area contributed by atoms with Crippen LogP contribution in [0.1, 0.15) is 20.8 Å². The summed E-state index contributed by atoms with van der Waals surface area (Å²) in [5, 5.41) is 2.42. The summed E-state index contributed by atoms with van der Waals surface area (Å²) in [6.45, 7) is 0. The SMILES string of the molecule is NC(=O)c1cc(Oc2ccc(C(=O)Nc3ccc(-c4ccc(F)cc4)[nH]c3=O)cc2F)ccn1. The van der Waals surface area contributed by atoms with E-state index >= 15 is 0 Å². The molecule has 2 heterocycles. The Morgan fingerprint density at radius 1 is 0.971 bits per heavy atom. The number of amides is 2. The van der Waals surface area contributed by atoms with Gasteiger partial charge in [-0.25, -0.2) is 8.78 Å². The van der Waals surface area contributed by atoms with Gasteiger partial charge in [-0.1, -0.05) is 0 Å². The molecular formula is C24H16F2N4O4. The summed E-state index contributed by atoms with van der Waals surface area (Å²) in [6.07, 6.45) is 1.29. The van der Waals surface area contributed by atoms with E-state index in [4.69, 9.17) is 10.5 Å². The molecule has 170 valence electrons. The van der Waals surface area contributed by atoms with Gasteiger partial charge in [-0.15, -0.1) is 0 Å². The van der Waals surface area contributed by atoms with Crippen LogP contribution < -0.4 is 21.3 Å². The lowest BCUT2D eigenvalue weighted by Gasteiger charge is -2.10. The highest BCUT2D eigenvalue weighted by Crippen LogP contribution is 2.26. The van der Waals surface area contributed by atoms with Crippen molar-refractivity contribution in [2.75, 3.05) is 5.32 Å². The van der Waals surface area contributed by atoms with Crippen molar-refractivity contribution in [2.24, 2.45) is 5.73 Å². The predicted octanol–water partition coefficient (Wildman–Crippen LogP) is 3.86. The van der Waals surface area contributed by atoms with Crippen LogP contribution in [-0.2, 0) is 0 Å². The molecule has 0 bridgehead atoms. The number of H-pyrrole nitrogens is 1. The number of anilines is 1. The first-order valence-corrected chi connectivity index (χ1v) is 9.84. The number of primary amides is 1. The van der Waals surface area contributed by atoms with Gasteiger partial charge in [0, 0.05) is 23.5 Å². The molecule has 2 aromatic carbocycles. The molecule has 0 aliphatic heterocycles. The normalized spacial score (nSPS) is 10.5. The minimum atomic E-state index is -0.842. The fourth-order valence-electron chi connectivity index (χ4n) is 3.03. The van der Waals surface area contributed by atoms with Crippen molar-refractivity contribution >= 4 is 17.5 Å². The number of rotatable bonds is 6. The number of aromatic nitrogens is 2. The maximum Gasteiger partial charge on any atom is 0.272 e. The molecule has 0 saturated carbocycles. The van der Waals surface area contributed by atoms with Gasteiger partial charge in [0.05, 0.1) is 0 Å². The number of carbonyl (C=O) groups excluding carboxylic acids is 2. The first-order valence-electron chi connectivity index (χ1n) is 9.84. The van der Waals surface area contributed by atoms with Gasteiger partial charge < -0.3 is 20.8 Å². The number of carbonyl (C=O) groups is 2. The maximum absolute atomic E-state index is 14.5. The Bertz CT molecular complexity index is 1450. The van der Waals surface area contributed by atoms with Crippen LogP contribution in [0.2, 0.25) is 0 Å². The standard InChI is InChI=1S/C24H16F2N4O4/c25-15-4-1-13(2-5-15)18-6-7-19(24(33)29-18)30-23(32)14-3-8-21(17(26)11-14)34-16-9-10-28-20(12-16)22(27)31/h1-12H,(H2,27,31)(H,29,33)(H,30,32). The van der Waals surface area contributed by atoms with Crippen LogP contribution >= 0.6 is 0 Å². The molecular weight excluding hydrogens is 446 g/mol. The highest BCUT2D eigenvalue weighted by Gasteiger charge is 2.14. The van der Waals surface area contributed by atoms with E-state index in [1.165, 1.54) is 60.8 Å². The van der Waals surface area contributed by atoms with Gasteiger partial charge in [0.2, 0.25) is 0 Å². The average Bonchev–Trinajstić information content (AvgIpc) is 2.82. The van der Waals surface area contributed by atoms with Crippen LogP contribution in [0.15, 0.2) is 77.7 Å². The molecule has 0 saturated heterocycles. The number of nitrogens with two attached hydrogens (primary N) is 1. The first-order chi connectivity index (χ1) is 16.3. The second-order valence-electron chi connectivity index (χ2n) is 7.06. The lowest BCUT2D eigenvalue weighted by molar-refractivity contribution is 0.0993.